The molecule has 2 amide bonds. The highest BCUT2D eigenvalue weighted by Gasteiger charge is 2.39. The molecule has 0 aliphatic carbocycles. The van der Waals surface area contributed by atoms with Crippen molar-refractivity contribution in [2.75, 3.05) is 24.7 Å². The van der Waals surface area contributed by atoms with E-state index in [0.29, 0.717) is 11.6 Å². The number of halogens is 1. The minimum absolute atomic E-state index is 0. The van der Waals surface area contributed by atoms with Crippen LogP contribution in [0.5, 0.6) is 0 Å². The van der Waals surface area contributed by atoms with E-state index in [4.69, 9.17) is 0 Å². The van der Waals surface area contributed by atoms with Gasteiger partial charge in [-0.15, -0.1) is 24.2 Å². The van der Waals surface area contributed by atoms with E-state index in [2.05, 4.69) is 10.6 Å². The van der Waals surface area contributed by atoms with Crippen molar-refractivity contribution in [2.45, 2.75) is 45.7 Å². The maximum Gasteiger partial charge on any atom is 0.243 e. The lowest BCUT2D eigenvalue weighted by atomic mass is 9.94. The van der Waals surface area contributed by atoms with E-state index in [-0.39, 0.29) is 36.3 Å². The Hall–Kier alpha value is -0.460. The topological polar surface area (TPSA) is 61.4 Å². The monoisotopic (exact) mass is 335 g/mol. The Labute approximate surface area is 137 Å². The zero-order valence-electron chi connectivity index (χ0n) is 13.0. The Bertz CT molecular complexity index is 381. The second-order valence-corrected chi connectivity index (χ2v) is 7.57. The molecule has 5 nitrogen and oxygen atoms in total. The molecule has 1 atom stereocenters. The van der Waals surface area contributed by atoms with Gasteiger partial charge in [0.05, 0.1) is 5.88 Å². The molecule has 0 bridgehead atoms. The summed E-state index contributed by atoms with van der Waals surface area (Å²) >= 11 is 1.66. The summed E-state index contributed by atoms with van der Waals surface area (Å²) in [5.41, 5.74) is -0.432. The summed E-state index contributed by atoms with van der Waals surface area (Å²) < 4.78 is 0. The molecule has 0 aromatic heterocycles. The van der Waals surface area contributed by atoms with Crippen molar-refractivity contribution >= 4 is 36.0 Å². The fraction of sp³-hybridized carbons (Fsp3) is 0.857. The molecular formula is C14H26ClN3O2S. The van der Waals surface area contributed by atoms with Crippen LogP contribution in [0.3, 0.4) is 0 Å². The fourth-order valence-electron chi connectivity index (χ4n) is 2.55. The highest BCUT2D eigenvalue weighted by molar-refractivity contribution is 7.99. The Balaban J connectivity index is 0.00000220. The van der Waals surface area contributed by atoms with Crippen LogP contribution in [0.4, 0.5) is 0 Å². The van der Waals surface area contributed by atoms with Crippen molar-refractivity contribution in [1.82, 2.24) is 15.5 Å². The van der Waals surface area contributed by atoms with Crippen LogP contribution in [0.15, 0.2) is 0 Å². The number of rotatable bonds is 2. The van der Waals surface area contributed by atoms with Gasteiger partial charge in [-0.2, -0.15) is 0 Å². The third-order valence-corrected chi connectivity index (χ3v) is 4.79. The van der Waals surface area contributed by atoms with Gasteiger partial charge in [0.1, 0.15) is 6.04 Å². The first-order valence-electron chi connectivity index (χ1n) is 7.29. The number of hydrogen-bond donors (Lipinski definition) is 2. The van der Waals surface area contributed by atoms with Gasteiger partial charge in [-0.05, 0) is 25.9 Å². The average molecular weight is 336 g/mol. The molecule has 2 aliphatic rings. The van der Waals surface area contributed by atoms with Crippen molar-refractivity contribution in [3.05, 3.63) is 0 Å². The summed E-state index contributed by atoms with van der Waals surface area (Å²) in [4.78, 5) is 26.6. The first-order chi connectivity index (χ1) is 9.39. The third-order valence-electron chi connectivity index (χ3n) is 3.77. The minimum Gasteiger partial charge on any atom is -0.351 e. The SMILES string of the molecule is CC(C)(C)C(=O)N1CSCC1C(=O)NC1CCNCC1.Cl. The van der Waals surface area contributed by atoms with Gasteiger partial charge in [0.2, 0.25) is 11.8 Å². The van der Waals surface area contributed by atoms with Crippen LogP contribution in [-0.2, 0) is 9.59 Å². The second-order valence-electron chi connectivity index (χ2n) is 6.57. The van der Waals surface area contributed by atoms with Crippen LogP contribution < -0.4 is 10.6 Å². The number of hydrogen-bond acceptors (Lipinski definition) is 4. The average Bonchev–Trinajstić information content (AvgIpc) is 2.87. The summed E-state index contributed by atoms with van der Waals surface area (Å²) in [5.74, 6) is 1.41. The summed E-state index contributed by atoms with van der Waals surface area (Å²) in [6, 6.07) is -0.0532. The van der Waals surface area contributed by atoms with Crippen molar-refractivity contribution < 1.29 is 9.59 Å². The number of piperidine rings is 1. The number of carbonyl (C=O) groups is 2. The second kappa shape index (κ2) is 7.70. The molecule has 1 unspecified atom stereocenters. The lowest BCUT2D eigenvalue weighted by molar-refractivity contribution is -0.144. The quantitative estimate of drug-likeness (QED) is 0.796. The molecule has 2 heterocycles. The molecule has 0 saturated carbocycles. The van der Waals surface area contributed by atoms with Crippen LogP contribution in [0, 0.1) is 5.41 Å². The summed E-state index contributed by atoms with van der Waals surface area (Å²) in [6.45, 7) is 7.62. The lowest BCUT2D eigenvalue weighted by Gasteiger charge is -2.31. The first-order valence-corrected chi connectivity index (χ1v) is 8.45. The van der Waals surface area contributed by atoms with Gasteiger partial charge >= 0.3 is 0 Å². The van der Waals surface area contributed by atoms with Crippen LogP contribution in [0.1, 0.15) is 33.6 Å². The molecule has 0 radical (unpaired) electrons. The molecule has 21 heavy (non-hydrogen) atoms. The first kappa shape index (κ1) is 18.6. The third kappa shape index (κ3) is 4.76. The lowest BCUT2D eigenvalue weighted by Crippen LogP contribution is -2.53. The fourth-order valence-corrected chi connectivity index (χ4v) is 3.71. The normalized spacial score (nSPS) is 23.6. The zero-order valence-corrected chi connectivity index (χ0v) is 14.6. The Kier molecular flexibility index (Phi) is 6.81. The number of thioether (sulfide) groups is 1. The van der Waals surface area contributed by atoms with Gasteiger partial charge in [0.25, 0.3) is 0 Å². The largest absolute Gasteiger partial charge is 0.351 e. The van der Waals surface area contributed by atoms with E-state index in [9.17, 15) is 9.59 Å². The van der Waals surface area contributed by atoms with Gasteiger partial charge < -0.3 is 15.5 Å². The summed E-state index contributed by atoms with van der Waals surface area (Å²) in [6.07, 6.45) is 1.94. The highest BCUT2D eigenvalue weighted by atomic mass is 35.5. The maximum absolute atomic E-state index is 12.4. The summed E-state index contributed by atoms with van der Waals surface area (Å²) in [5, 5.41) is 6.40. The molecule has 2 saturated heterocycles. The summed E-state index contributed by atoms with van der Waals surface area (Å²) in [7, 11) is 0. The predicted molar refractivity (Wildman–Crippen MR) is 88.7 cm³/mol. The van der Waals surface area contributed by atoms with E-state index < -0.39 is 5.41 Å². The smallest absolute Gasteiger partial charge is 0.243 e. The highest BCUT2D eigenvalue weighted by Crippen LogP contribution is 2.27. The van der Waals surface area contributed by atoms with E-state index in [0.717, 1.165) is 25.9 Å². The van der Waals surface area contributed by atoms with Crippen molar-refractivity contribution in [3.63, 3.8) is 0 Å². The van der Waals surface area contributed by atoms with Gasteiger partial charge in [-0.1, -0.05) is 20.8 Å². The van der Waals surface area contributed by atoms with E-state index in [1.807, 2.05) is 20.8 Å². The molecule has 0 aromatic carbocycles. The van der Waals surface area contributed by atoms with Crippen LogP contribution in [0.2, 0.25) is 0 Å². The molecule has 7 heteroatoms. The molecule has 0 aromatic rings. The predicted octanol–water partition coefficient (Wildman–Crippen LogP) is 1.22. The van der Waals surface area contributed by atoms with E-state index >= 15 is 0 Å². The van der Waals surface area contributed by atoms with Crippen molar-refractivity contribution in [2.24, 2.45) is 5.41 Å². The molecule has 2 rings (SSSR count). The van der Waals surface area contributed by atoms with Gasteiger partial charge in [0.15, 0.2) is 0 Å². The van der Waals surface area contributed by atoms with E-state index in [1.165, 1.54) is 0 Å². The molecular weight excluding hydrogens is 310 g/mol. The Morgan fingerprint density at radius 1 is 1.24 bits per heavy atom. The van der Waals surface area contributed by atoms with E-state index in [1.54, 1.807) is 16.7 Å². The standard InChI is InChI=1S/C14H25N3O2S.ClH/c1-14(2,3)13(19)17-9-20-8-11(17)12(18)16-10-4-6-15-7-5-10;/h10-11,15H,4-9H2,1-3H3,(H,16,18);1H. The Morgan fingerprint density at radius 2 is 1.86 bits per heavy atom. The number of nitrogens with one attached hydrogen (secondary N) is 2. The minimum atomic E-state index is -0.432. The zero-order chi connectivity index (χ0) is 14.8. The van der Waals surface area contributed by atoms with Crippen LogP contribution in [-0.4, -0.2) is 53.5 Å². The number of carbonyl (C=O) groups excluding carboxylic acids is 2. The molecule has 0 spiro atoms. The molecule has 2 aliphatic heterocycles. The van der Waals surface area contributed by atoms with Gasteiger partial charge in [0, 0.05) is 17.2 Å². The number of amides is 2. The molecule has 2 fully saturated rings. The van der Waals surface area contributed by atoms with Crippen LogP contribution >= 0.6 is 24.2 Å². The Morgan fingerprint density at radius 3 is 2.43 bits per heavy atom. The number of nitrogens with zero attached hydrogens (tertiary/aromatic N) is 1. The maximum atomic E-state index is 12.4. The van der Waals surface area contributed by atoms with Crippen LogP contribution in [0.25, 0.3) is 0 Å². The van der Waals surface area contributed by atoms with Crippen molar-refractivity contribution in [3.8, 4) is 0 Å². The van der Waals surface area contributed by atoms with Gasteiger partial charge in [-0.3, -0.25) is 9.59 Å². The van der Waals surface area contributed by atoms with Crippen molar-refractivity contribution in [1.29, 1.82) is 0 Å². The molecule has 122 valence electrons. The molecule has 2 N–H and O–H groups in total. The van der Waals surface area contributed by atoms with Gasteiger partial charge in [-0.25, -0.2) is 0 Å².